The summed E-state index contributed by atoms with van der Waals surface area (Å²) in [5.41, 5.74) is 7.78. The van der Waals surface area contributed by atoms with Crippen LogP contribution in [0.2, 0.25) is 0 Å². The Labute approximate surface area is 83.6 Å². The van der Waals surface area contributed by atoms with Gasteiger partial charge in [0.2, 0.25) is 5.90 Å². The van der Waals surface area contributed by atoms with E-state index in [-0.39, 0.29) is 6.04 Å². The molecule has 0 aromatic heterocycles. The zero-order chi connectivity index (χ0) is 9.97. The van der Waals surface area contributed by atoms with Crippen LogP contribution in [0.3, 0.4) is 0 Å². The highest BCUT2D eigenvalue weighted by molar-refractivity contribution is 5.96. The average Bonchev–Trinajstić information content (AvgIpc) is 2.67. The maximum Gasteiger partial charge on any atom is 0.216 e. The van der Waals surface area contributed by atoms with E-state index in [1.54, 1.807) is 0 Å². The number of hydrogen-bond donors (Lipinski definition) is 1. The Morgan fingerprint density at radius 2 is 2.29 bits per heavy atom. The Morgan fingerprint density at radius 3 is 2.93 bits per heavy atom. The molecule has 0 spiro atoms. The van der Waals surface area contributed by atoms with Crippen LogP contribution in [0.1, 0.15) is 11.1 Å². The average molecular weight is 190 g/mol. The molecule has 74 valence electrons. The summed E-state index contributed by atoms with van der Waals surface area (Å²) >= 11 is 0. The molecule has 3 heteroatoms. The van der Waals surface area contributed by atoms with Crippen molar-refractivity contribution in [1.29, 1.82) is 0 Å². The van der Waals surface area contributed by atoms with Crippen molar-refractivity contribution in [3.05, 3.63) is 35.4 Å². The van der Waals surface area contributed by atoms with Crippen molar-refractivity contribution < 1.29 is 4.74 Å². The Morgan fingerprint density at radius 1 is 1.50 bits per heavy atom. The van der Waals surface area contributed by atoms with Crippen molar-refractivity contribution in [1.82, 2.24) is 0 Å². The molecule has 1 aromatic rings. The van der Waals surface area contributed by atoms with E-state index in [1.165, 1.54) is 5.56 Å². The highest BCUT2D eigenvalue weighted by Crippen LogP contribution is 2.14. The van der Waals surface area contributed by atoms with Crippen LogP contribution in [0.15, 0.2) is 29.3 Å². The van der Waals surface area contributed by atoms with Gasteiger partial charge in [-0.1, -0.05) is 18.2 Å². The number of rotatable bonds is 2. The Hall–Kier alpha value is -1.35. The molecule has 1 unspecified atom stereocenters. The number of ether oxygens (including phenoxy) is 1. The second kappa shape index (κ2) is 3.80. The second-order valence-electron chi connectivity index (χ2n) is 3.45. The molecular weight excluding hydrogens is 176 g/mol. The molecule has 1 heterocycles. The lowest BCUT2D eigenvalue weighted by Gasteiger charge is -2.03. The zero-order valence-corrected chi connectivity index (χ0v) is 8.23. The van der Waals surface area contributed by atoms with Crippen LogP contribution in [0.4, 0.5) is 0 Å². The van der Waals surface area contributed by atoms with E-state index >= 15 is 0 Å². The molecule has 1 aromatic carbocycles. The summed E-state index contributed by atoms with van der Waals surface area (Å²) in [6.45, 7) is 3.21. The number of nitrogens with two attached hydrogens (primary N) is 1. The molecule has 0 amide bonds. The molecule has 2 rings (SSSR count). The monoisotopic (exact) mass is 190 g/mol. The van der Waals surface area contributed by atoms with Gasteiger partial charge in [-0.05, 0) is 18.6 Å². The van der Waals surface area contributed by atoms with Crippen molar-refractivity contribution in [3.63, 3.8) is 0 Å². The van der Waals surface area contributed by atoms with Gasteiger partial charge in [0, 0.05) is 12.1 Å². The van der Waals surface area contributed by atoms with E-state index in [4.69, 9.17) is 10.5 Å². The molecule has 0 saturated heterocycles. The van der Waals surface area contributed by atoms with Crippen LogP contribution in [0, 0.1) is 6.92 Å². The SMILES string of the molecule is Cc1ccccc1C1=NC(CN)CO1. The maximum absolute atomic E-state index is 5.53. The van der Waals surface area contributed by atoms with Crippen molar-refractivity contribution in [2.24, 2.45) is 10.7 Å². The fourth-order valence-corrected chi connectivity index (χ4v) is 1.50. The van der Waals surface area contributed by atoms with E-state index in [0.717, 1.165) is 11.5 Å². The van der Waals surface area contributed by atoms with E-state index in [9.17, 15) is 0 Å². The van der Waals surface area contributed by atoms with Gasteiger partial charge in [0.05, 0.1) is 0 Å². The fraction of sp³-hybridized carbons (Fsp3) is 0.364. The molecule has 3 nitrogen and oxygen atoms in total. The number of hydrogen-bond acceptors (Lipinski definition) is 3. The fourth-order valence-electron chi connectivity index (χ4n) is 1.50. The summed E-state index contributed by atoms with van der Waals surface area (Å²) in [5, 5.41) is 0. The van der Waals surface area contributed by atoms with E-state index in [2.05, 4.69) is 18.0 Å². The van der Waals surface area contributed by atoms with E-state index < -0.39 is 0 Å². The summed E-state index contributed by atoms with van der Waals surface area (Å²) in [5.74, 6) is 0.735. The molecule has 0 fully saturated rings. The molecule has 0 saturated carbocycles. The quantitative estimate of drug-likeness (QED) is 0.759. The zero-order valence-electron chi connectivity index (χ0n) is 8.23. The number of aryl methyl sites for hydroxylation is 1. The van der Waals surface area contributed by atoms with Gasteiger partial charge in [0.1, 0.15) is 12.6 Å². The van der Waals surface area contributed by atoms with Gasteiger partial charge >= 0.3 is 0 Å². The van der Waals surface area contributed by atoms with Crippen molar-refractivity contribution in [2.45, 2.75) is 13.0 Å². The van der Waals surface area contributed by atoms with Crippen LogP contribution < -0.4 is 5.73 Å². The van der Waals surface area contributed by atoms with Gasteiger partial charge < -0.3 is 10.5 Å². The first-order valence-electron chi connectivity index (χ1n) is 4.78. The van der Waals surface area contributed by atoms with E-state index in [1.807, 2.05) is 18.2 Å². The molecule has 0 aliphatic carbocycles. The maximum atomic E-state index is 5.53. The van der Waals surface area contributed by atoms with Crippen LogP contribution in [0.25, 0.3) is 0 Å². The summed E-state index contributed by atoms with van der Waals surface area (Å²) in [6, 6.07) is 8.20. The summed E-state index contributed by atoms with van der Waals surface area (Å²) in [7, 11) is 0. The molecule has 2 N–H and O–H groups in total. The van der Waals surface area contributed by atoms with Gasteiger partial charge in [-0.2, -0.15) is 0 Å². The minimum absolute atomic E-state index is 0.129. The van der Waals surface area contributed by atoms with E-state index in [0.29, 0.717) is 13.2 Å². The van der Waals surface area contributed by atoms with Gasteiger partial charge in [0.15, 0.2) is 0 Å². The molecule has 14 heavy (non-hydrogen) atoms. The van der Waals surface area contributed by atoms with Gasteiger partial charge in [-0.3, -0.25) is 0 Å². The largest absolute Gasteiger partial charge is 0.475 e. The number of aliphatic imine (C=N–C) groups is 1. The van der Waals surface area contributed by atoms with Gasteiger partial charge in [0.25, 0.3) is 0 Å². The lowest BCUT2D eigenvalue weighted by Crippen LogP contribution is -2.18. The minimum Gasteiger partial charge on any atom is -0.475 e. The van der Waals surface area contributed by atoms with Crippen LogP contribution in [0.5, 0.6) is 0 Å². The lowest BCUT2D eigenvalue weighted by atomic mass is 10.1. The lowest BCUT2D eigenvalue weighted by molar-refractivity contribution is 0.319. The minimum atomic E-state index is 0.129. The molecule has 1 aliphatic rings. The number of benzene rings is 1. The summed E-state index contributed by atoms with van der Waals surface area (Å²) in [6.07, 6.45) is 0. The van der Waals surface area contributed by atoms with Crippen LogP contribution in [-0.2, 0) is 4.74 Å². The normalized spacial score (nSPS) is 20.4. The van der Waals surface area contributed by atoms with Gasteiger partial charge in [-0.15, -0.1) is 0 Å². The smallest absolute Gasteiger partial charge is 0.216 e. The summed E-state index contributed by atoms with van der Waals surface area (Å²) in [4.78, 5) is 4.41. The van der Waals surface area contributed by atoms with Gasteiger partial charge in [-0.25, -0.2) is 4.99 Å². The van der Waals surface area contributed by atoms with Crippen LogP contribution >= 0.6 is 0 Å². The highest BCUT2D eigenvalue weighted by Gasteiger charge is 2.19. The van der Waals surface area contributed by atoms with Crippen LogP contribution in [-0.4, -0.2) is 25.1 Å². The molecule has 0 bridgehead atoms. The third kappa shape index (κ3) is 1.63. The third-order valence-electron chi connectivity index (χ3n) is 2.36. The highest BCUT2D eigenvalue weighted by atomic mass is 16.5. The number of nitrogens with zero attached hydrogens (tertiary/aromatic N) is 1. The molecule has 1 atom stereocenters. The first-order valence-corrected chi connectivity index (χ1v) is 4.78. The van der Waals surface area contributed by atoms with Crippen molar-refractivity contribution in [2.75, 3.05) is 13.2 Å². The molecular formula is C11H14N2O. The second-order valence-corrected chi connectivity index (χ2v) is 3.45. The predicted molar refractivity (Wildman–Crippen MR) is 56.5 cm³/mol. The Kier molecular flexibility index (Phi) is 2.50. The molecule has 0 radical (unpaired) electrons. The Bertz CT molecular complexity index is 360. The third-order valence-corrected chi connectivity index (χ3v) is 2.36. The first-order chi connectivity index (χ1) is 6.81. The molecule has 1 aliphatic heterocycles. The standard InChI is InChI=1S/C11H14N2O/c1-8-4-2-3-5-10(8)11-13-9(6-12)7-14-11/h2-5,9H,6-7,12H2,1H3. The Balaban J connectivity index is 2.28. The van der Waals surface area contributed by atoms with Crippen molar-refractivity contribution in [3.8, 4) is 0 Å². The summed E-state index contributed by atoms with van der Waals surface area (Å²) < 4.78 is 5.49. The predicted octanol–water partition coefficient (Wildman–Crippen LogP) is 1.10. The topological polar surface area (TPSA) is 47.6 Å². The first kappa shape index (κ1) is 9.21. The van der Waals surface area contributed by atoms with Crippen molar-refractivity contribution >= 4 is 5.90 Å².